The number of rotatable bonds is 5. The summed E-state index contributed by atoms with van der Waals surface area (Å²) in [6.07, 6.45) is 0. The Hall–Kier alpha value is -3.41. The fraction of sp³-hybridized carbons (Fsp3) is 0.217. The molecule has 3 rings (SSSR count). The maximum absolute atomic E-state index is 13.7. The van der Waals surface area contributed by atoms with E-state index in [2.05, 4.69) is 31.3 Å². The van der Waals surface area contributed by atoms with Crippen LogP contribution in [0.1, 0.15) is 57.4 Å². The first-order valence-electron chi connectivity index (χ1n) is 9.39. The number of carbonyl (C=O) groups is 2. The van der Waals surface area contributed by atoms with Crippen LogP contribution in [0.25, 0.3) is 5.69 Å². The van der Waals surface area contributed by atoms with E-state index >= 15 is 0 Å². The molecule has 3 N–H and O–H groups in total. The van der Waals surface area contributed by atoms with Gasteiger partial charge < -0.3 is 15.6 Å². The van der Waals surface area contributed by atoms with E-state index in [9.17, 15) is 14.0 Å². The molecule has 0 aliphatic heterocycles. The smallest absolute Gasteiger partial charge is 0.257 e. The Morgan fingerprint density at radius 2 is 1.66 bits per heavy atom. The number of amides is 2. The maximum Gasteiger partial charge on any atom is 0.257 e. The average Bonchev–Trinajstić information content (AvgIpc) is 2.97. The number of nitrogens with one attached hydrogen (secondary N) is 1. The monoisotopic (exact) mass is 393 g/mol. The van der Waals surface area contributed by atoms with Gasteiger partial charge in [-0.3, -0.25) is 9.59 Å². The van der Waals surface area contributed by atoms with Crippen LogP contribution >= 0.6 is 0 Å². The summed E-state index contributed by atoms with van der Waals surface area (Å²) in [5, 5.41) is 2.71. The molecule has 0 aliphatic carbocycles. The molecule has 0 spiro atoms. The molecule has 29 heavy (non-hydrogen) atoms. The third kappa shape index (κ3) is 4.06. The Balaban J connectivity index is 1.90. The van der Waals surface area contributed by atoms with Crippen LogP contribution in [0.15, 0.2) is 48.5 Å². The zero-order valence-corrected chi connectivity index (χ0v) is 16.9. The van der Waals surface area contributed by atoms with E-state index < -0.39 is 11.7 Å². The van der Waals surface area contributed by atoms with Crippen molar-refractivity contribution in [3.63, 3.8) is 0 Å². The van der Waals surface area contributed by atoms with Crippen molar-refractivity contribution in [3.05, 3.63) is 82.4 Å². The first-order valence-corrected chi connectivity index (χ1v) is 9.39. The molecular weight excluding hydrogens is 369 g/mol. The molecule has 6 heteroatoms. The van der Waals surface area contributed by atoms with Gasteiger partial charge in [0, 0.05) is 22.8 Å². The molecule has 0 saturated carbocycles. The molecule has 1 aromatic heterocycles. The fourth-order valence-electron chi connectivity index (χ4n) is 3.39. The molecule has 3 aromatic rings. The third-order valence-electron chi connectivity index (χ3n) is 4.98. The lowest BCUT2D eigenvalue weighted by molar-refractivity contribution is 0.0992. The summed E-state index contributed by atoms with van der Waals surface area (Å²) in [6, 6.07) is 13.8. The van der Waals surface area contributed by atoms with Crippen LogP contribution in [0.3, 0.4) is 0 Å². The number of carbonyl (C=O) groups excluding carboxylic acids is 2. The topological polar surface area (TPSA) is 77.1 Å². The second-order valence-corrected chi connectivity index (χ2v) is 7.38. The predicted molar refractivity (Wildman–Crippen MR) is 112 cm³/mol. The first-order chi connectivity index (χ1) is 13.7. The Morgan fingerprint density at radius 3 is 2.24 bits per heavy atom. The number of aryl methyl sites for hydroxylation is 1. The van der Waals surface area contributed by atoms with Gasteiger partial charge in [0.25, 0.3) is 11.8 Å². The Morgan fingerprint density at radius 1 is 1.00 bits per heavy atom. The highest BCUT2D eigenvalue weighted by Crippen LogP contribution is 2.24. The van der Waals surface area contributed by atoms with Crippen molar-refractivity contribution < 1.29 is 14.0 Å². The molecule has 0 atom stereocenters. The van der Waals surface area contributed by atoms with Gasteiger partial charge in [0.15, 0.2) is 0 Å². The molecule has 150 valence electrons. The Bertz CT molecular complexity index is 1080. The van der Waals surface area contributed by atoms with Crippen LogP contribution in [0, 0.1) is 19.7 Å². The third-order valence-corrected chi connectivity index (χ3v) is 4.98. The van der Waals surface area contributed by atoms with Crippen LogP contribution in [0.2, 0.25) is 0 Å². The minimum absolute atomic E-state index is 0.265. The number of benzene rings is 2. The highest BCUT2D eigenvalue weighted by molar-refractivity contribution is 6.06. The molecule has 2 aromatic carbocycles. The van der Waals surface area contributed by atoms with Crippen LogP contribution in [-0.4, -0.2) is 16.4 Å². The summed E-state index contributed by atoms with van der Waals surface area (Å²) in [5.41, 5.74) is 9.63. The van der Waals surface area contributed by atoms with Gasteiger partial charge >= 0.3 is 0 Å². The highest BCUT2D eigenvalue weighted by atomic mass is 19.1. The molecule has 0 bridgehead atoms. The van der Waals surface area contributed by atoms with Crippen molar-refractivity contribution >= 4 is 17.5 Å². The molecular formula is C23H24FN3O2. The van der Waals surface area contributed by atoms with Gasteiger partial charge in [-0.15, -0.1) is 0 Å². The summed E-state index contributed by atoms with van der Waals surface area (Å²) >= 11 is 0. The zero-order valence-electron chi connectivity index (χ0n) is 16.9. The molecule has 1 heterocycles. The van der Waals surface area contributed by atoms with Crippen molar-refractivity contribution in [3.8, 4) is 5.69 Å². The summed E-state index contributed by atoms with van der Waals surface area (Å²) < 4.78 is 15.7. The number of nitrogens with zero attached hydrogens (tertiary/aromatic N) is 1. The van der Waals surface area contributed by atoms with Crippen LogP contribution in [-0.2, 0) is 0 Å². The standard InChI is InChI=1S/C23H24FN3O2/c1-13(2)16-5-8-18(9-6-16)27-14(3)11-19(15(27)4)23(29)26-17-7-10-21(24)20(12-17)22(25)28/h5-13H,1-4H3,(H2,25,28)(H,26,29). The maximum atomic E-state index is 13.7. The van der Waals surface area contributed by atoms with Crippen molar-refractivity contribution in [2.75, 3.05) is 5.32 Å². The number of hydrogen-bond donors (Lipinski definition) is 2. The first kappa shape index (κ1) is 20.3. The van der Waals surface area contributed by atoms with Gasteiger partial charge in [0.05, 0.1) is 11.1 Å². The lowest BCUT2D eigenvalue weighted by atomic mass is 10.0. The lowest BCUT2D eigenvalue weighted by Gasteiger charge is -2.12. The van der Waals surface area contributed by atoms with E-state index in [1.807, 2.05) is 30.5 Å². The van der Waals surface area contributed by atoms with E-state index in [1.54, 1.807) is 6.07 Å². The van der Waals surface area contributed by atoms with Crippen molar-refractivity contribution in [2.45, 2.75) is 33.6 Å². The normalized spacial score (nSPS) is 11.0. The number of nitrogens with two attached hydrogens (primary N) is 1. The van der Waals surface area contributed by atoms with Gasteiger partial charge in [0.1, 0.15) is 5.82 Å². The van der Waals surface area contributed by atoms with Gasteiger partial charge in [0.2, 0.25) is 0 Å². The summed E-state index contributed by atoms with van der Waals surface area (Å²) in [4.78, 5) is 24.1. The Labute approximate surface area is 169 Å². The van der Waals surface area contributed by atoms with E-state index in [0.717, 1.165) is 23.1 Å². The minimum Gasteiger partial charge on any atom is -0.366 e. The summed E-state index contributed by atoms with van der Waals surface area (Å²) in [6.45, 7) is 8.09. The molecule has 0 radical (unpaired) electrons. The van der Waals surface area contributed by atoms with E-state index in [4.69, 9.17) is 5.73 Å². The second-order valence-electron chi connectivity index (χ2n) is 7.38. The lowest BCUT2D eigenvalue weighted by Crippen LogP contribution is -2.16. The van der Waals surface area contributed by atoms with E-state index in [0.29, 0.717) is 17.2 Å². The van der Waals surface area contributed by atoms with Crippen LogP contribution in [0.4, 0.5) is 10.1 Å². The molecule has 0 saturated heterocycles. The summed E-state index contributed by atoms with van der Waals surface area (Å²) in [5.74, 6) is -1.51. The predicted octanol–water partition coefficient (Wildman–Crippen LogP) is 4.71. The number of primary amides is 1. The quantitative estimate of drug-likeness (QED) is 0.659. The number of hydrogen-bond acceptors (Lipinski definition) is 2. The zero-order chi connectivity index (χ0) is 21.3. The van der Waals surface area contributed by atoms with Crippen molar-refractivity contribution in [1.29, 1.82) is 0 Å². The van der Waals surface area contributed by atoms with Crippen LogP contribution < -0.4 is 11.1 Å². The van der Waals surface area contributed by atoms with E-state index in [-0.39, 0.29) is 11.5 Å². The second kappa shape index (κ2) is 7.91. The minimum atomic E-state index is -0.887. The van der Waals surface area contributed by atoms with Crippen molar-refractivity contribution in [1.82, 2.24) is 4.57 Å². The van der Waals surface area contributed by atoms with Gasteiger partial charge in [-0.2, -0.15) is 0 Å². The van der Waals surface area contributed by atoms with E-state index in [1.165, 1.54) is 17.7 Å². The SMILES string of the molecule is Cc1cc(C(=O)Nc2ccc(F)c(C(N)=O)c2)c(C)n1-c1ccc(C(C)C)cc1. The van der Waals surface area contributed by atoms with Crippen LogP contribution in [0.5, 0.6) is 0 Å². The summed E-state index contributed by atoms with van der Waals surface area (Å²) in [7, 11) is 0. The number of halogens is 1. The number of aromatic nitrogens is 1. The number of anilines is 1. The van der Waals surface area contributed by atoms with Gasteiger partial charge in [-0.05, 0) is 61.7 Å². The highest BCUT2D eigenvalue weighted by Gasteiger charge is 2.18. The molecule has 0 unspecified atom stereocenters. The molecule has 5 nitrogen and oxygen atoms in total. The Kier molecular flexibility index (Phi) is 5.55. The fourth-order valence-corrected chi connectivity index (χ4v) is 3.39. The van der Waals surface area contributed by atoms with Gasteiger partial charge in [-0.25, -0.2) is 4.39 Å². The van der Waals surface area contributed by atoms with Gasteiger partial charge in [-0.1, -0.05) is 26.0 Å². The van der Waals surface area contributed by atoms with Crippen molar-refractivity contribution in [2.24, 2.45) is 5.73 Å². The largest absolute Gasteiger partial charge is 0.366 e. The molecule has 0 fully saturated rings. The molecule has 0 aliphatic rings. The average molecular weight is 393 g/mol. The molecule has 2 amide bonds.